The Labute approximate surface area is 142 Å². The van der Waals surface area contributed by atoms with Crippen molar-refractivity contribution in [3.63, 3.8) is 0 Å². The first-order valence-electron chi connectivity index (χ1n) is 8.68. The molecule has 0 radical (unpaired) electrons. The molecule has 24 heavy (non-hydrogen) atoms. The predicted molar refractivity (Wildman–Crippen MR) is 91.7 cm³/mol. The largest absolute Gasteiger partial charge is 0.406 e. The lowest BCUT2D eigenvalue weighted by Crippen LogP contribution is -2.30. The topological polar surface area (TPSA) is 71.3 Å². The Hall–Kier alpha value is -2.37. The summed E-state index contributed by atoms with van der Waals surface area (Å²) in [6.07, 6.45) is 4.61. The summed E-state index contributed by atoms with van der Waals surface area (Å²) in [5, 5.41) is 11.4. The first kappa shape index (κ1) is 16.5. The van der Waals surface area contributed by atoms with Crippen molar-refractivity contribution in [1.82, 2.24) is 15.5 Å². The van der Waals surface area contributed by atoms with Crippen LogP contribution in [-0.2, 0) is 11.2 Å². The highest BCUT2D eigenvalue weighted by molar-refractivity contribution is 5.75. The molecule has 1 aliphatic rings. The van der Waals surface area contributed by atoms with E-state index in [1.165, 1.54) is 6.42 Å². The molecule has 1 saturated heterocycles. The van der Waals surface area contributed by atoms with Crippen molar-refractivity contribution in [3.8, 4) is 0 Å². The molecule has 6 nitrogen and oxygen atoms in total. The molecule has 6 heteroatoms. The van der Waals surface area contributed by atoms with Crippen LogP contribution >= 0.6 is 0 Å². The summed E-state index contributed by atoms with van der Waals surface area (Å²) in [4.78, 5) is 14.0. The van der Waals surface area contributed by atoms with E-state index in [-0.39, 0.29) is 11.9 Å². The van der Waals surface area contributed by atoms with Gasteiger partial charge in [0.1, 0.15) is 6.04 Å². The van der Waals surface area contributed by atoms with Crippen LogP contribution in [0.4, 0.5) is 6.01 Å². The molecule has 1 atom stereocenters. The van der Waals surface area contributed by atoms with Gasteiger partial charge in [0.15, 0.2) is 0 Å². The Morgan fingerprint density at radius 3 is 2.67 bits per heavy atom. The van der Waals surface area contributed by atoms with Crippen LogP contribution in [0.2, 0.25) is 0 Å². The van der Waals surface area contributed by atoms with Crippen molar-refractivity contribution in [2.75, 3.05) is 18.0 Å². The van der Waals surface area contributed by atoms with Gasteiger partial charge in [-0.05, 0) is 24.8 Å². The van der Waals surface area contributed by atoms with Gasteiger partial charge in [0.2, 0.25) is 11.8 Å². The minimum absolute atomic E-state index is 0.0198. The standard InChI is InChI=1S/C18H24N4O2/c1-2-16(23)19-15(13-14-9-5-3-6-10-14)17-20-21-18(24-17)22-11-7-4-8-12-22/h3,5-6,9-10,15H,2,4,7-8,11-13H2,1H3,(H,19,23)/t15-/m0/s1. The maximum atomic E-state index is 11.9. The Morgan fingerprint density at radius 1 is 1.21 bits per heavy atom. The van der Waals surface area contributed by atoms with Crippen LogP contribution in [0.5, 0.6) is 0 Å². The summed E-state index contributed by atoms with van der Waals surface area (Å²) in [5.41, 5.74) is 1.12. The third kappa shape index (κ3) is 4.13. The Bertz CT molecular complexity index is 650. The zero-order valence-electron chi connectivity index (χ0n) is 14.1. The van der Waals surface area contributed by atoms with Gasteiger partial charge < -0.3 is 14.6 Å². The third-order valence-corrected chi connectivity index (χ3v) is 4.29. The van der Waals surface area contributed by atoms with Crippen LogP contribution in [0.25, 0.3) is 0 Å². The molecule has 2 heterocycles. The molecule has 1 aliphatic heterocycles. The van der Waals surface area contributed by atoms with Crippen LogP contribution in [0.15, 0.2) is 34.7 Å². The molecule has 2 aromatic rings. The monoisotopic (exact) mass is 328 g/mol. The van der Waals surface area contributed by atoms with Gasteiger partial charge in [0, 0.05) is 25.9 Å². The number of carbonyl (C=O) groups is 1. The maximum Gasteiger partial charge on any atom is 0.318 e. The quantitative estimate of drug-likeness (QED) is 0.883. The van der Waals surface area contributed by atoms with Crippen LogP contribution in [-0.4, -0.2) is 29.2 Å². The van der Waals surface area contributed by atoms with Crippen molar-refractivity contribution >= 4 is 11.9 Å². The summed E-state index contributed by atoms with van der Waals surface area (Å²) in [6, 6.07) is 10.3. The SMILES string of the molecule is CCC(=O)N[C@@H](Cc1ccccc1)c1nnc(N2CCCCC2)o1. The molecular formula is C18H24N4O2. The van der Waals surface area contributed by atoms with Crippen LogP contribution < -0.4 is 10.2 Å². The zero-order chi connectivity index (χ0) is 16.8. The van der Waals surface area contributed by atoms with E-state index in [0.717, 1.165) is 31.5 Å². The van der Waals surface area contributed by atoms with E-state index >= 15 is 0 Å². The second-order valence-electron chi connectivity index (χ2n) is 6.13. The Morgan fingerprint density at radius 2 is 1.96 bits per heavy atom. The molecule has 1 aromatic heterocycles. The number of hydrogen-bond donors (Lipinski definition) is 1. The number of carbonyl (C=O) groups excluding carboxylic acids is 1. The fourth-order valence-electron chi connectivity index (χ4n) is 2.93. The number of anilines is 1. The van der Waals surface area contributed by atoms with E-state index in [0.29, 0.717) is 24.7 Å². The van der Waals surface area contributed by atoms with Gasteiger partial charge in [-0.1, -0.05) is 42.4 Å². The Kier molecular flexibility index (Phi) is 5.46. The van der Waals surface area contributed by atoms with Crippen LogP contribution in [0.3, 0.4) is 0 Å². The molecule has 0 bridgehead atoms. The fraction of sp³-hybridized carbons (Fsp3) is 0.500. The highest BCUT2D eigenvalue weighted by Gasteiger charge is 2.23. The summed E-state index contributed by atoms with van der Waals surface area (Å²) >= 11 is 0. The van der Waals surface area contributed by atoms with Crippen molar-refractivity contribution in [3.05, 3.63) is 41.8 Å². The molecule has 0 spiro atoms. The fourth-order valence-corrected chi connectivity index (χ4v) is 2.93. The van der Waals surface area contributed by atoms with E-state index < -0.39 is 0 Å². The van der Waals surface area contributed by atoms with Crippen LogP contribution in [0, 0.1) is 0 Å². The number of nitrogens with one attached hydrogen (secondary N) is 1. The number of amides is 1. The second kappa shape index (κ2) is 7.95. The summed E-state index contributed by atoms with van der Waals surface area (Å²) in [7, 11) is 0. The first-order chi connectivity index (χ1) is 11.8. The third-order valence-electron chi connectivity index (χ3n) is 4.29. The Balaban J connectivity index is 1.76. The molecule has 0 unspecified atom stereocenters. The van der Waals surface area contributed by atoms with Gasteiger partial charge >= 0.3 is 6.01 Å². The molecule has 0 saturated carbocycles. The summed E-state index contributed by atoms with van der Waals surface area (Å²) in [6.45, 7) is 3.74. The number of benzene rings is 1. The molecule has 1 amide bonds. The van der Waals surface area contributed by atoms with E-state index in [4.69, 9.17) is 4.42 Å². The number of aromatic nitrogens is 2. The highest BCUT2D eigenvalue weighted by Crippen LogP contribution is 2.23. The number of piperidine rings is 1. The molecule has 0 aliphatic carbocycles. The maximum absolute atomic E-state index is 11.9. The van der Waals surface area contributed by atoms with E-state index in [2.05, 4.69) is 20.4 Å². The van der Waals surface area contributed by atoms with Gasteiger partial charge in [-0.3, -0.25) is 4.79 Å². The van der Waals surface area contributed by atoms with Gasteiger partial charge in [0.25, 0.3) is 0 Å². The average molecular weight is 328 g/mol. The average Bonchev–Trinajstić information content (AvgIpc) is 3.13. The normalized spacial score (nSPS) is 16.0. The molecule has 1 fully saturated rings. The lowest BCUT2D eigenvalue weighted by Gasteiger charge is -2.24. The van der Waals surface area contributed by atoms with Crippen molar-refractivity contribution in [1.29, 1.82) is 0 Å². The van der Waals surface area contributed by atoms with E-state index in [9.17, 15) is 4.79 Å². The predicted octanol–water partition coefficient (Wildman–Crippen LogP) is 2.87. The number of hydrogen-bond acceptors (Lipinski definition) is 5. The molecule has 1 aromatic carbocycles. The molecule has 3 rings (SSSR count). The number of rotatable bonds is 6. The van der Waals surface area contributed by atoms with Crippen molar-refractivity contribution in [2.45, 2.75) is 45.1 Å². The molecular weight excluding hydrogens is 304 g/mol. The lowest BCUT2D eigenvalue weighted by atomic mass is 10.1. The summed E-state index contributed by atoms with van der Waals surface area (Å²) in [5.74, 6) is 0.454. The number of nitrogens with zero attached hydrogens (tertiary/aromatic N) is 3. The summed E-state index contributed by atoms with van der Waals surface area (Å²) < 4.78 is 5.89. The molecule has 1 N–H and O–H groups in total. The minimum Gasteiger partial charge on any atom is -0.406 e. The van der Waals surface area contributed by atoms with Crippen molar-refractivity contribution in [2.24, 2.45) is 0 Å². The van der Waals surface area contributed by atoms with E-state index in [1.807, 2.05) is 37.3 Å². The van der Waals surface area contributed by atoms with Gasteiger partial charge in [-0.25, -0.2) is 0 Å². The van der Waals surface area contributed by atoms with Gasteiger partial charge in [-0.15, -0.1) is 5.10 Å². The van der Waals surface area contributed by atoms with Crippen LogP contribution in [0.1, 0.15) is 50.1 Å². The minimum atomic E-state index is -0.300. The first-order valence-corrected chi connectivity index (χ1v) is 8.68. The zero-order valence-corrected chi connectivity index (χ0v) is 14.1. The highest BCUT2D eigenvalue weighted by atomic mass is 16.4. The second-order valence-corrected chi connectivity index (χ2v) is 6.13. The van der Waals surface area contributed by atoms with Crippen molar-refractivity contribution < 1.29 is 9.21 Å². The van der Waals surface area contributed by atoms with E-state index in [1.54, 1.807) is 0 Å². The smallest absolute Gasteiger partial charge is 0.318 e. The lowest BCUT2D eigenvalue weighted by molar-refractivity contribution is -0.121. The van der Waals surface area contributed by atoms with Gasteiger partial charge in [-0.2, -0.15) is 0 Å². The van der Waals surface area contributed by atoms with Gasteiger partial charge in [0.05, 0.1) is 0 Å². The molecule has 128 valence electrons.